The van der Waals surface area contributed by atoms with Crippen molar-refractivity contribution in [2.75, 3.05) is 19.7 Å². The van der Waals surface area contributed by atoms with E-state index in [0.29, 0.717) is 17.4 Å². The first-order valence-corrected chi connectivity index (χ1v) is 7.45. The van der Waals surface area contributed by atoms with Crippen LogP contribution >= 0.6 is 11.3 Å². The molecule has 1 aliphatic heterocycles. The average molecular weight is 268 g/mol. The predicted octanol–water partition coefficient (Wildman–Crippen LogP) is 2.35. The van der Waals surface area contributed by atoms with Crippen LogP contribution in [0, 0.1) is 0 Å². The van der Waals surface area contributed by atoms with Crippen molar-refractivity contribution in [3.05, 3.63) is 15.6 Å². The van der Waals surface area contributed by atoms with Crippen LogP contribution in [0.4, 0.5) is 0 Å². The molecule has 0 atom stereocenters. The van der Waals surface area contributed by atoms with Gasteiger partial charge in [0.25, 0.3) is 0 Å². The second-order valence-corrected chi connectivity index (χ2v) is 5.46. The lowest BCUT2D eigenvalue weighted by Crippen LogP contribution is -2.26. The van der Waals surface area contributed by atoms with Crippen LogP contribution in [0.25, 0.3) is 0 Å². The molecule has 1 fully saturated rings. The SMILES string of the molecule is CCOC(=O)c1sc(C2CCNCC2)nc1CC. The smallest absolute Gasteiger partial charge is 0.350 e. The van der Waals surface area contributed by atoms with Gasteiger partial charge in [-0.3, -0.25) is 0 Å². The highest BCUT2D eigenvalue weighted by atomic mass is 32.1. The first-order chi connectivity index (χ1) is 8.76. The zero-order chi connectivity index (χ0) is 13.0. The maximum atomic E-state index is 11.9. The van der Waals surface area contributed by atoms with Crippen molar-refractivity contribution in [1.29, 1.82) is 0 Å². The zero-order valence-electron chi connectivity index (χ0n) is 11.0. The van der Waals surface area contributed by atoms with Crippen LogP contribution in [0.5, 0.6) is 0 Å². The van der Waals surface area contributed by atoms with Gasteiger partial charge in [0.2, 0.25) is 0 Å². The number of hydrogen-bond donors (Lipinski definition) is 1. The van der Waals surface area contributed by atoms with Crippen LogP contribution < -0.4 is 5.32 Å². The van der Waals surface area contributed by atoms with E-state index >= 15 is 0 Å². The summed E-state index contributed by atoms with van der Waals surface area (Å²) in [7, 11) is 0. The molecule has 0 aromatic carbocycles. The van der Waals surface area contributed by atoms with Crippen LogP contribution in [-0.2, 0) is 11.2 Å². The van der Waals surface area contributed by atoms with Crippen LogP contribution in [-0.4, -0.2) is 30.6 Å². The van der Waals surface area contributed by atoms with Crippen molar-refractivity contribution in [3.8, 4) is 0 Å². The number of carbonyl (C=O) groups excluding carboxylic acids is 1. The van der Waals surface area contributed by atoms with Gasteiger partial charge >= 0.3 is 5.97 Å². The fourth-order valence-corrected chi connectivity index (χ4v) is 3.43. The first kappa shape index (κ1) is 13.5. The molecule has 0 amide bonds. The molecule has 2 rings (SSSR count). The molecular formula is C13H20N2O2S. The van der Waals surface area contributed by atoms with Crippen molar-refractivity contribution in [2.45, 2.75) is 39.0 Å². The molecule has 100 valence electrons. The van der Waals surface area contributed by atoms with E-state index in [1.54, 1.807) is 0 Å². The third kappa shape index (κ3) is 2.90. The van der Waals surface area contributed by atoms with Gasteiger partial charge < -0.3 is 10.1 Å². The maximum Gasteiger partial charge on any atom is 0.350 e. The molecule has 1 aromatic rings. The van der Waals surface area contributed by atoms with E-state index in [4.69, 9.17) is 4.74 Å². The lowest BCUT2D eigenvalue weighted by molar-refractivity contribution is 0.0530. The standard InChI is InChI=1S/C13H20N2O2S/c1-3-10-11(13(16)17-4-2)18-12(15-10)9-5-7-14-8-6-9/h9,14H,3-8H2,1-2H3. The van der Waals surface area contributed by atoms with Crippen LogP contribution in [0.2, 0.25) is 0 Å². The summed E-state index contributed by atoms with van der Waals surface area (Å²) >= 11 is 1.53. The summed E-state index contributed by atoms with van der Waals surface area (Å²) < 4.78 is 5.09. The highest BCUT2D eigenvalue weighted by molar-refractivity contribution is 7.13. The molecule has 1 N–H and O–H groups in total. The van der Waals surface area contributed by atoms with E-state index in [-0.39, 0.29) is 5.97 Å². The number of aromatic nitrogens is 1. The molecule has 0 aliphatic carbocycles. The van der Waals surface area contributed by atoms with Crippen molar-refractivity contribution >= 4 is 17.3 Å². The summed E-state index contributed by atoms with van der Waals surface area (Å²) in [6.45, 7) is 6.37. The molecule has 1 aromatic heterocycles. The Hall–Kier alpha value is -0.940. The topological polar surface area (TPSA) is 51.2 Å². The molecule has 1 aliphatic rings. The van der Waals surface area contributed by atoms with Crippen molar-refractivity contribution in [2.24, 2.45) is 0 Å². The van der Waals surface area contributed by atoms with Gasteiger partial charge in [-0.15, -0.1) is 11.3 Å². The Labute approximate surface area is 112 Å². The molecular weight excluding hydrogens is 248 g/mol. The molecule has 0 spiro atoms. The van der Waals surface area contributed by atoms with Gasteiger partial charge in [0.15, 0.2) is 0 Å². The second kappa shape index (κ2) is 6.29. The van der Waals surface area contributed by atoms with Crippen molar-refractivity contribution in [3.63, 3.8) is 0 Å². The van der Waals surface area contributed by atoms with E-state index in [0.717, 1.165) is 43.1 Å². The lowest BCUT2D eigenvalue weighted by atomic mass is 9.99. The molecule has 4 nitrogen and oxygen atoms in total. The molecule has 2 heterocycles. The summed E-state index contributed by atoms with van der Waals surface area (Å²) in [5, 5.41) is 4.46. The summed E-state index contributed by atoms with van der Waals surface area (Å²) in [6.07, 6.45) is 3.01. The highest BCUT2D eigenvalue weighted by Crippen LogP contribution is 2.31. The molecule has 0 bridgehead atoms. The Morgan fingerprint density at radius 2 is 2.17 bits per heavy atom. The minimum atomic E-state index is -0.216. The largest absolute Gasteiger partial charge is 0.462 e. The van der Waals surface area contributed by atoms with Gasteiger partial charge in [-0.05, 0) is 39.3 Å². The van der Waals surface area contributed by atoms with Crippen LogP contribution in [0.15, 0.2) is 0 Å². The fourth-order valence-electron chi connectivity index (χ4n) is 2.21. The van der Waals surface area contributed by atoms with Gasteiger partial charge in [-0.1, -0.05) is 6.92 Å². The Morgan fingerprint density at radius 1 is 1.44 bits per heavy atom. The van der Waals surface area contributed by atoms with Crippen LogP contribution in [0.1, 0.15) is 53.0 Å². The normalized spacial score (nSPS) is 16.8. The van der Waals surface area contributed by atoms with Crippen molar-refractivity contribution < 1.29 is 9.53 Å². The van der Waals surface area contributed by atoms with E-state index in [1.165, 1.54) is 11.3 Å². The Bertz CT molecular complexity index is 411. The second-order valence-electron chi connectivity index (χ2n) is 4.43. The zero-order valence-corrected chi connectivity index (χ0v) is 11.8. The number of esters is 1. The Kier molecular flexibility index (Phi) is 4.72. The van der Waals surface area contributed by atoms with Crippen molar-refractivity contribution in [1.82, 2.24) is 10.3 Å². The molecule has 0 unspecified atom stereocenters. The van der Waals surface area contributed by atoms with E-state index in [1.807, 2.05) is 13.8 Å². The van der Waals surface area contributed by atoms with Gasteiger partial charge in [0, 0.05) is 5.92 Å². The summed E-state index contributed by atoms with van der Waals surface area (Å²) in [5.41, 5.74) is 0.895. The number of nitrogens with one attached hydrogen (secondary N) is 1. The summed E-state index contributed by atoms with van der Waals surface area (Å²) in [5.74, 6) is 0.289. The number of carbonyl (C=O) groups is 1. The molecule has 0 radical (unpaired) electrons. The number of thiazole rings is 1. The molecule has 0 saturated carbocycles. The Balaban J connectivity index is 2.19. The maximum absolute atomic E-state index is 11.9. The predicted molar refractivity (Wildman–Crippen MR) is 72.3 cm³/mol. The third-order valence-electron chi connectivity index (χ3n) is 3.20. The quantitative estimate of drug-likeness (QED) is 0.852. The highest BCUT2D eigenvalue weighted by Gasteiger charge is 2.23. The molecule has 18 heavy (non-hydrogen) atoms. The number of hydrogen-bond acceptors (Lipinski definition) is 5. The number of rotatable bonds is 4. The van der Waals surface area contributed by atoms with Gasteiger partial charge in [0.1, 0.15) is 4.88 Å². The van der Waals surface area contributed by atoms with Gasteiger partial charge in [0.05, 0.1) is 17.3 Å². The van der Waals surface area contributed by atoms with Crippen LogP contribution in [0.3, 0.4) is 0 Å². The average Bonchev–Trinajstić information content (AvgIpc) is 2.84. The summed E-state index contributed by atoms with van der Waals surface area (Å²) in [6, 6.07) is 0. The minimum Gasteiger partial charge on any atom is -0.462 e. The van der Waals surface area contributed by atoms with E-state index in [2.05, 4.69) is 10.3 Å². The fraction of sp³-hybridized carbons (Fsp3) is 0.692. The van der Waals surface area contributed by atoms with E-state index < -0.39 is 0 Å². The van der Waals surface area contributed by atoms with Gasteiger partial charge in [-0.25, -0.2) is 9.78 Å². The third-order valence-corrected chi connectivity index (χ3v) is 4.44. The number of aryl methyl sites for hydroxylation is 1. The molecule has 1 saturated heterocycles. The first-order valence-electron chi connectivity index (χ1n) is 6.63. The number of ether oxygens (including phenoxy) is 1. The minimum absolute atomic E-state index is 0.216. The molecule has 5 heteroatoms. The van der Waals surface area contributed by atoms with Gasteiger partial charge in [-0.2, -0.15) is 0 Å². The lowest BCUT2D eigenvalue weighted by Gasteiger charge is -2.20. The monoisotopic (exact) mass is 268 g/mol. The Morgan fingerprint density at radius 3 is 2.78 bits per heavy atom. The summed E-state index contributed by atoms with van der Waals surface area (Å²) in [4.78, 5) is 17.2. The number of piperidine rings is 1. The van der Waals surface area contributed by atoms with E-state index in [9.17, 15) is 4.79 Å². The number of nitrogens with zero attached hydrogens (tertiary/aromatic N) is 1.